The molecule has 2 N–H and O–H groups in total. The highest BCUT2D eigenvalue weighted by Crippen LogP contribution is 2.38. The Morgan fingerprint density at radius 1 is 1.41 bits per heavy atom. The van der Waals surface area contributed by atoms with Crippen LogP contribution in [0.4, 0.5) is 5.82 Å². The molecule has 3 rings (SSSR count). The quantitative estimate of drug-likeness (QED) is 0.863. The number of carbonyl (C=O) groups is 1. The predicted molar refractivity (Wildman–Crippen MR) is 87.7 cm³/mol. The molecule has 0 radical (unpaired) electrons. The molecule has 0 bridgehead atoms. The number of nitrogens with two attached hydrogens (primary N) is 1. The van der Waals surface area contributed by atoms with E-state index in [0.717, 1.165) is 34.0 Å². The third-order valence-electron chi connectivity index (χ3n) is 3.87. The molecule has 6 nitrogen and oxygen atoms in total. The fourth-order valence-electron chi connectivity index (χ4n) is 2.31. The molecule has 0 spiro atoms. The Morgan fingerprint density at radius 2 is 2.09 bits per heavy atom. The van der Waals surface area contributed by atoms with E-state index >= 15 is 0 Å². The standard InChI is InChI=1S/C14H17ClN4O2S/c1-14(2,12(16)20)9-7-8-10(22-9)11(18-13(15)17-8)19-3-5-21-6-4-19/h7H,3-6H2,1-2H3,(H2,16,20). The van der Waals surface area contributed by atoms with Gasteiger partial charge in [-0.1, -0.05) is 0 Å². The van der Waals surface area contributed by atoms with Gasteiger partial charge in [-0.3, -0.25) is 4.79 Å². The minimum Gasteiger partial charge on any atom is -0.378 e. The number of hydrogen-bond acceptors (Lipinski definition) is 6. The first-order valence-corrected chi connectivity index (χ1v) is 8.19. The molecule has 1 aliphatic rings. The Morgan fingerprint density at radius 3 is 2.73 bits per heavy atom. The van der Waals surface area contributed by atoms with Gasteiger partial charge in [0.05, 0.1) is 28.8 Å². The van der Waals surface area contributed by atoms with E-state index in [1.165, 1.54) is 11.3 Å². The SMILES string of the molecule is CC(C)(C(N)=O)c1cc2nc(Cl)nc(N3CCOCC3)c2s1. The van der Waals surface area contributed by atoms with Crippen molar-refractivity contribution in [3.63, 3.8) is 0 Å². The number of halogens is 1. The van der Waals surface area contributed by atoms with Crippen LogP contribution >= 0.6 is 22.9 Å². The molecule has 2 aromatic heterocycles. The van der Waals surface area contributed by atoms with E-state index in [0.29, 0.717) is 13.2 Å². The van der Waals surface area contributed by atoms with Crippen LogP contribution in [0.1, 0.15) is 18.7 Å². The van der Waals surface area contributed by atoms with Crippen LogP contribution in [0.5, 0.6) is 0 Å². The second-order valence-electron chi connectivity index (χ2n) is 5.73. The first-order valence-electron chi connectivity index (χ1n) is 7.00. The van der Waals surface area contributed by atoms with Gasteiger partial charge in [0, 0.05) is 18.0 Å². The van der Waals surface area contributed by atoms with Gasteiger partial charge in [-0.25, -0.2) is 4.98 Å². The number of nitrogens with zero attached hydrogens (tertiary/aromatic N) is 3. The number of anilines is 1. The maximum absolute atomic E-state index is 11.7. The van der Waals surface area contributed by atoms with Crippen LogP contribution in [-0.4, -0.2) is 42.2 Å². The molecule has 2 aromatic rings. The molecule has 22 heavy (non-hydrogen) atoms. The van der Waals surface area contributed by atoms with Crippen molar-refractivity contribution in [3.05, 3.63) is 16.2 Å². The van der Waals surface area contributed by atoms with Crippen LogP contribution in [0.25, 0.3) is 10.2 Å². The Kier molecular flexibility index (Phi) is 3.96. The summed E-state index contributed by atoms with van der Waals surface area (Å²) in [4.78, 5) is 23.4. The molecule has 0 atom stereocenters. The van der Waals surface area contributed by atoms with E-state index < -0.39 is 5.41 Å². The molecule has 0 aromatic carbocycles. The van der Waals surface area contributed by atoms with Crippen LogP contribution in [0.2, 0.25) is 5.28 Å². The lowest BCUT2D eigenvalue weighted by Gasteiger charge is -2.28. The summed E-state index contributed by atoms with van der Waals surface area (Å²) in [5, 5.41) is 0.204. The van der Waals surface area contributed by atoms with Gasteiger partial charge >= 0.3 is 0 Å². The Labute approximate surface area is 137 Å². The Bertz CT molecular complexity index is 725. The molecule has 0 unspecified atom stereocenters. The van der Waals surface area contributed by atoms with Crippen LogP contribution in [0, 0.1) is 0 Å². The summed E-state index contributed by atoms with van der Waals surface area (Å²) in [6.45, 7) is 6.46. The number of fused-ring (bicyclic) bond motifs is 1. The smallest absolute Gasteiger partial charge is 0.228 e. The summed E-state index contributed by atoms with van der Waals surface area (Å²) < 4.78 is 6.31. The summed E-state index contributed by atoms with van der Waals surface area (Å²) in [6.07, 6.45) is 0. The Hall–Kier alpha value is -1.44. The minimum absolute atomic E-state index is 0.204. The molecule has 1 saturated heterocycles. The van der Waals surface area contributed by atoms with E-state index in [9.17, 15) is 4.79 Å². The number of hydrogen-bond donors (Lipinski definition) is 1. The fraction of sp³-hybridized carbons (Fsp3) is 0.500. The van der Waals surface area contributed by atoms with Gasteiger partial charge in [0.25, 0.3) is 0 Å². The zero-order chi connectivity index (χ0) is 15.9. The van der Waals surface area contributed by atoms with Crippen molar-refractivity contribution in [1.82, 2.24) is 9.97 Å². The van der Waals surface area contributed by atoms with Crippen molar-refractivity contribution < 1.29 is 9.53 Å². The van der Waals surface area contributed by atoms with Gasteiger partial charge in [-0.05, 0) is 31.5 Å². The van der Waals surface area contributed by atoms with E-state index in [2.05, 4.69) is 14.9 Å². The van der Waals surface area contributed by atoms with E-state index in [4.69, 9.17) is 22.1 Å². The zero-order valence-electron chi connectivity index (χ0n) is 12.4. The maximum Gasteiger partial charge on any atom is 0.228 e. The van der Waals surface area contributed by atoms with Gasteiger partial charge in [0.15, 0.2) is 5.82 Å². The fourth-order valence-corrected chi connectivity index (χ4v) is 3.70. The highest BCUT2D eigenvalue weighted by molar-refractivity contribution is 7.19. The Balaban J connectivity index is 2.13. The summed E-state index contributed by atoms with van der Waals surface area (Å²) in [5.41, 5.74) is 5.51. The van der Waals surface area contributed by atoms with Gasteiger partial charge < -0.3 is 15.4 Å². The van der Waals surface area contributed by atoms with Crippen molar-refractivity contribution in [2.24, 2.45) is 5.73 Å². The van der Waals surface area contributed by atoms with Gasteiger partial charge in [-0.2, -0.15) is 4.98 Å². The topological polar surface area (TPSA) is 81.3 Å². The lowest BCUT2D eigenvalue weighted by molar-refractivity contribution is -0.122. The molecule has 1 aliphatic heterocycles. The first-order chi connectivity index (χ1) is 10.4. The number of primary amides is 1. The zero-order valence-corrected chi connectivity index (χ0v) is 14.0. The van der Waals surface area contributed by atoms with Crippen molar-refractivity contribution in [2.75, 3.05) is 31.2 Å². The molecule has 1 fully saturated rings. The normalized spacial score (nSPS) is 16.2. The molecule has 0 saturated carbocycles. The van der Waals surface area contributed by atoms with E-state index in [1.807, 2.05) is 19.9 Å². The van der Waals surface area contributed by atoms with Gasteiger partial charge in [0.1, 0.15) is 0 Å². The van der Waals surface area contributed by atoms with Crippen LogP contribution in [0.3, 0.4) is 0 Å². The van der Waals surface area contributed by atoms with Crippen molar-refractivity contribution in [2.45, 2.75) is 19.3 Å². The van der Waals surface area contributed by atoms with Crippen LogP contribution < -0.4 is 10.6 Å². The van der Waals surface area contributed by atoms with Gasteiger partial charge in [-0.15, -0.1) is 11.3 Å². The lowest BCUT2D eigenvalue weighted by Crippen LogP contribution is -2.36. The number of thiophene rings is 1. The number of carbonyl (C=O) groups excluding carboxylic acids is 1. The predicted octanol–water partition coefficient (Wildman–Crippen LogP) is 1.94. The second-order valence-corrected chi connectivity index (χ2v) is 7.12. The molecule has 1 amide bonds. The van der Waals surface area contributed by atoms with Crippen molar-refractivity contribution in [1.29, 1.82) is 0 Å². The highest BCUT2D eigenvalue weighted by atomic mass is 35.5. The van der Waals surface area contributed by atoms with Crippen LogP contribution in [0.15, 0.2) is 6.07 Å². The van der Waals surface area contributed by atoms with Crippen molar-refractivity contribution >= 4 is 44.9 Å². The molecule has 3 heterocycles. The summed E-state index contributed by atoms with van der Waals surface area (Å²) >= 11 is 7.56. The third-order valence-corrected chi connectivity index (χ3v) is 5.48. The summed E-state index contributed by atoms with van der Waals surface area (Å²) in [6, 6.07) is 1.88. The number of ether oxygens (including phenoxy) is 1. The third kappa shape index (κ3) is 2.64. The number of aromatic nitrogens is 2. The van der Waals surface area contributed by atoms with Gasteiger partial charge in [0.2, 0.25) is 11.2 Å². The maximum atomic E-state index is 11.7. The molecule has 118 valence electrons. The second kappa shape index (κ2) is 5.64. The molecular weight excluding hydrogens is 324 g/mol. The van der Waals surface area contributed by atoms with E-state index in [1.54, 1.807) is 0 Å². The number of amides is 1. The number of morpholine rings is 1. The molecule has 0 aliphatic carbocycles. The summed E-state index contributed by atoms with van der Waals surface area (Å²) in [5.74, 6) is 0.431. The van der Waals surface area contributed by atoms with Crippen molar-refractivity contribution in [3.8, 4) is 0 Å². The average Bonchev–Trinajstić information content (AvgIpc) is 2.91. The van der Waals surface area contributed by atoms with E-state index in [-0.39, 0.29) is 11.2 Å². The minimum atomic E-state index is -0.750. The average molecular weight is 341 g/mol. The number of rotatable bonds is 3. The first kappa shape index (κ1) is 15.5. The highest BCUT2D eigenvalue weighted by Gasteiger charge is 2.31. The van der Waals surface area contributed by atoms with Crippen LogP contribution in [-0.2, 0) is 14.9 Å². The monoisotopic (exact) mass is 340 g/mol. The lowest BCUT2D eigenvalue weighted by atomic mass is 9.91. The molecular formula is C14H17ClN4O2S. The molecule has 8 heteroatoms. The largest absolute Gasteiger partial charge is 0.378 e. The summed E-state index contributed by atoms with van der Waals surface area (Å²) in [7, 11) is 0.